The highest BCUT2D eigenvalue weighted by atomic mass is 15.2. The molecule has 0 aliphatic heterocycles. The average Bonchev–Trinajstić information content (AvgIpc) is 2.90. The van der Waals surface area contributed by atoms with Crippen molar-refractivity contribution in [3.63, 3.8) is 0 Å². The van der Waals surface area contributed by atoms with Crippen LogP contribution in [-0.2, 0) is 12.0 Å². The third-order valence-corrected chi connectivity index (χ3v) is 3.51. The average molecular weight is 293 g/mol. The van der Waals surface area contributed by atoms with Crippen molar-refractivity contribution in [1.82, 2.24) is 15.2 Å². The second kappa shape index (κ2) is 5.67. The van der Waals surface area contributed by atoms with Gasteiger partial charge in [-0.3, -0.25) is 0 Å². The summed E-state index contributed by atoms with van der Waals surface area (Å²) in [6.07, 6.45) is 1.97. The summed E-state index contributed by atoms with van der Waals surface area (Å²) in [6, 6.07) is 12.0. The molecule has 5 nitrogen and oxygen atoms in total. The van der Waals surface area contributed by atoms with Crippen molar-refractivity contribution in [1.29, 1.82) is 0 Å². The third-order valence-electron chi connectivity index (χ3n) is 3.51. The van der Waals surface area contributed by atoms with Gasteiger partial charge in [-0.2, -0.15) is 10.2 Å². The van der Waals surface area contributed by atoms with Crippen LogP contribution in [0.4, 0.5) is 5.82 Å². The molecule has 0 aliphatic rings. The fourth-order valence-corrected chi connectivity index (χ4v) is 2.22. The van der Waals surface area contributed by atoms with Gasteiger partial charge < -0.3 is 4.98 Å². The van der Waals surface area contributed by atoms with Crippen molar-refractivity contribution in [3.05, 3.63) is 53.9 Å². The van der Waals surface area contributed by atoms with E-state index < -0.39 is 0 Å². The molecule has 1 aromatic carbocycles. The van der Waals surface area contributed by atoms with Gasteiger partial charge in [-0.15, -0.1) is 10.2 Å². The quantitative estimate of drug-likeness (QED) is 0.720. The van der Waals surface area contributed by atoms with Gasteiger partial charge in [0.25, 0.3) is 0 Å². The highest BCUT2D eigenvalue weighted by Gasteiger charge is 2.15. The Kier molecular flexibility index (Phi) is 3.71. The van der Waals surface area contributed by atoms with E-state index in [1.165, 1.54) is 5.39 Å². The van der Waals surface area contributed by atoms with E-state index in [9.17, 15) is 0 Å². The van der Waals surface area contributed by atoms with Gasteiger partial charge in [0.15, 0.2) is 5.82 Å². The minimum Gasteiger partial charge on any atom is -0.361 e. The second-order valence-corrected chi connectivity index (χ2v) is 6.29. The zero-order valence-electron chi connectivity index (χ0n) is 13.0. The van der Waals surface area contributed by atoms with Crippen LogP contribution < -0.4 is 0 Å². The number of nitrogens with one attached hydrogen (secondary N) is 1. The standard InChI is InChI=1S/C17H19N5/c1-17(2,3)15-8-9-16(22-20-15)21-19-11-12-10-18-14-7-5-4-6-13(12)14/h4-10,18H,11H2,1-3H3. The molecule has 0 unspecified atom stereocenters. The normalized spacial score (nSPS) is 12.3. The predicted octanol–water partition coefficient (Wildman–Crippen LogP) is 4.54. The zero-order valence-corrected chi connectivity index (χ0v) is 13.0. The molecule has 0 amide bonds. The van der Waals surface area contributed by atoms with Crippen LogP contribution in [0.2, 0.25) is 0 Å². The Morgan fingerprint density at radius 2 is 1.86 bits per heavy atom. The first-order valence-corrected chi connectivity index (χ1v) is 7.31. The number of nitrogens with zero attached hydrogens (tertiary/aromatic N) is 4. The maximum absolute atomic E-state index is 4.23. The molecule has 0 atom stereocenters. The van der Waals surface area contributed by atoms with E-state index in [1.54, 1.807) is 0 Å². The van der Waals surface area contributed by atoms with E-state index >= 15 is 0 Å². The highest BCUT2D eigenvalue weighted by molar-refractivity contribution is 5.82. The van der Waals surface area contributed by atoms with Crippen molar-refractivity contribution in [2.45, 2.75) is 32.7 Å². The maximum Gasteiger partial charge on any atom is 0.195 e. The summed E-state index contributed by atoms with van der Waals surface area (Å²) in [5.74, 6) is 0.535. The minimum atomic E-state index is -0.00723. The van der Waals surface area contributed by atoms with Crippen LogP contribution in [0.5, 0.6) is 0 Å². The zero-order chi connectivity index (χ0) is 15.6. The molecule has 0 spiro atoms. The van der Waals surface area contributed by atoms with Crippen LogP contribution in [0.1, 0.15) is 32.0 Å². The Labute approximate surface area is 129 Å². The Morgan fingerprint density at radius 3 is 2.59 bits per heavy atom. The molecule has 0 radical (unpaired) electrons. The lowest BCUT2D eigenvalue weighted by molar-refractivity contribution is 0.558. The van der Waals surface area contributed by atoms with Gasteiger partial charge in [-0.05, 0) is 18.2 Å². The highest BCUT2D eigenvalue weighted by Crippen LogP contribution is 2.21. The van der Waals surface area contributed by atoms with Gasteiger partial charge in [0, 0.05) is 28.1 Å². The van der Waals surface area contributed by atoms with E-state index in [1.807, 2.05) is 36.5 Å². The number of rotatable bonds is 3. The number of para-hydroxylation sites is 1. The lowest BCUT2D eigenvalue weighted by atomic mass is 9.92. The molecule has 0 saturated carbocycles. The van der Waals surface area contributed by atoms with Crippen molar-refractivity contribution in [2.24, 2.45) is 10.2 Å². The van der Waals surface area contributed by atoms with Crippen LogP contribution in [0.25, 0.3) is 10.9 Å². The van der Waals surface area contributed by atoms with Crippen molar-refractivity contribution in [2.75, 3.05) is 0 Å². The Hall–Kier alpha value is -2.56. The Bertz CT molecular complexity index is 794. The molecule has 2 heterocycles. The van der Waals surface area contributed by atoms with Gasteiger partial charge in [0.05, 0.1) is 12.2 Å². The summed E-state index contributed by atoms with van der Waals surface area (Å²) in [4.78, 5) is 3.23. The van der Waals surface area contributed by atoms with Gasteiger partial charge in [0.2, 0.25) is 0 Å². The Balaban J connectivity index is 1.72. The number of azo groups is 1. The summed E-state index contributed by atoms with van der Waals surface area (Å²) in [7, 11) is 0. The van der Waals surface area contributed by atoms with E-state index in [0.29, 0.717) is 12.4 Å². The van der Waals surface area contributed by atoms with Crippen LogP contribution in [0.3, 0.4) is 0 Å². The first kappa shape index (κ1) is 14.4. The summed E-state index contributed by atoms with van der Waals surface area (Å²) in [5, 5.41) is 17.9. The van der Waals surface area contributed by atoms with Crippen LogP contribution in [0, 0.1) is 0 Å². The first-order valence-electron chi connectivity index (χ1n) is 7.31. The van der Waals surface area contributed by atoms with Crippen LogP contribution in [-0.4, -0.2) is 15.2 Å². The summed E-state index contributed by atoms with van der Waals surface area (Å²) in [5.41, 5.74) is 3.18. The smallest absolute Gasteiger partial charge is 0.195 e. The molecule has 0 bridgehead atoms. The van der Waals surface area contributed by atoms with Crippen LogP contribution >= 0.6 is 0 Å². The number of hydrogen-bond donors (Lipinski definition) is 1. The monoisotopic (exact) mass is 293 g/mol. The largest absolute Gasteiger partial charge is 0.361 e. The second-order valence-electron chi connectivity index (χ2n) is 6.29. The molecule has 0 aliphatic carbocycles. The summed E-state index contributed by atoms with van der Waals surface area (Å²) < 4.78 is 0. The topological polar surface area (TPSA) is 66.3 Å². The molecule has 1 N–H and O–H groups in total. The van der Waals surface area contributed by atoms with Crippen molar-refractivity contribution in [3.8, 4) is 0 Å². The van der Waals surface area contributed by atoms with Gasteiger partial charge in [-0.25, -0.2) is 0 Å². The summed E-state index contributed by atoms with van der Waals surface area (Å²) in [6.45, 7) is 6.84. The van der Waals surface area contributed by atoms with E-state index in [-0.39, 0.29) is 5.41 Å². The van der Waals surface area contributed by atoms with E-state index in [0.717, 1.165) is 16.8 Å². The molecule has 2 aromatic heterocycles. The number of aromatic amines is 1. The minimum absolute atomic E-state index is 0.00723. The predicted molar refractivity (Wildman–Crippen MR) is 87.3 cm³/mol. The molecule has 0 fully saturated rings. The molecule has 5 heteroatoms. The van der Waals surface area contributed by atoms with Crippen molar-refractivity contribution < 1.29 is 0 Å². The van der Waals surface area contributed by atoms with Gasteiger partial charge in [0.1, 0.15) is 0 Å². The molecule has 112 valence electrons. The molecule has 3 aromatic rings. The molecule has 0 saturated heterocycles. The van der Waals surface area contributed by atoms with Crippen molar-refractivity contribution >= 4 is 16.7 Å². The maximum atomic E-state index is 4.23. The number of hydrogen-bond acceptors (Lipinski definition) is 4. The lowest BCUT2D eigenvalue weighted by Crippen LogP contribution is -2.13. The summed E-state index contributed by atoms with van der Waals surface area (Å²) >= 11 is 0. The fraction of sp³-hybridized carbons (Fsp3) is 0.294. The number of fused-ring (bicyclic) bond motifs is 1. The van der Waals surface area contributed by atoms with E-state index in [4.69, 9.17) is 0 Å². The third kappa shape index (κ3) is 3.03. The van der Waals surface area contributed by atoms with E-state index in [2.05, 4.69) is 52.2 Å². The number of aromatic nitrogens is 3. The number of benzene rings is 1. The fourth-order valence-electron chi connectivity index (χ4n) is 2.22. The molecular weight excluding hydrogens is 274 g/mol. The lowest BCUT2D eigenvalue weighted by Gasteiger charge is -2.15. The molecular formula is C17H19N5. The number of H-pyrrole nitrogens is 1. The Morgan fingerprint density at radius 1 is 1.05 bits per heavy atom. The van der Waals surface area contributed by atoms with Gasteiger partial charge in [-0.1, -0.05) is 39.0 Å². The van der Waals surface area contributed by atoms with Gasteiger partial charge >= 0.3 is 0 Å². The molecule has 3 rings (SSSR count). The first-order chi connectivity index (χ1) is 10.5. The van der Waals surface area contributed by atoms with Crippen LogP contribution in [0.15, 0.2) is 52.8 Å². The SMILES string of the molecule is CC(C)(C)c1ccc(N=NCc2c[nH]c3ccccc23)nn1. The molecule has 22 heavy (non-hydrogen) atoms.